The summed E-state index contributed by atoms with van der Waals surface area (Å²) >= 11 is 0. The molecule has 4 atom stereocenters. The molecule has 1 heterocycles. The fourth-order valence-corrected chi connectivity index (χ4v) is 1.21. The van der Waals surface area contributed by atoms with E-state index in [4.69, 9.17) is 15.4 Å². The molecule has 3 N–H and O–H groups in total. The van der Waals surface area contributed by atoms with Gasteiger partial charge in [0.15, 0.2) is 0 Å². The summed E-state index contributed by atoms with van der Waals surface area (Å²) in [7, 11) is 0. The van der Waals surface area contributed by atoms with Gasteiger partial charge in [-0.3, -0.25) is 0 Å². The van der Waals surface area contributed by atoms with Crippen molar-refractivity contribution < 1.29 is 20.1 Å². The fourth-order valence-electron chi connectivity index (χ4n) is 1.21. The molecule has 0 amide bonds. The first-order chi connectivity index (χ1) is 6.19. The second-order valence-electron chi connectivity index (χ2n) is 2.81. The summed E-state index contributed by atoms with van der Waals surface area (Å²) in [5, 5.41) is 30.5. The molecule has 0 saturated carbocycles. The molecule has 1 aliphatic rings. The molecule has 0 aliphatic carbocycles. The van der Waals surface area contributed by atoms with E-state index in [0.717, 1.165) is 0 Å². The molecule has 0 aromatic heterocycles. The van der Waals surface area contributed by atoms with E-state index in [1.165, 1.54) is 0 Å². The van der Waals surface area contributed by atoms with Gasteiger partial charge in [-0.1, -0.05) is 5.11 Å². The van der Waals surface area contributed by atoms with Crippen LogP contribution in [0, 0.1) is 0 Å². The molecular weight excluding hydrogens is 178 g/mol. The summed E-state index contributed by atoms with van der Waals surface area (Å²) in [6.45, 7) is -0.421. The molecule has 0 aromatic carbocycles. The lowest BCUT2D eigenvalue weighted by Gasteiger charge is -2.34. The minimum atomic E-state index is -1.13. The second kappa shape index (κ2) is 4.40. The summed E-state index contributed by atoms with van der Waals surface area (Å²) in [6, 6.07) is 0. The van der Waals surface area contributed by atoms with E-state index in [2.05, 4.69) is 10.0 Å². The summed E-state index contributed by atoms with van der Waals surface area (Å²) in [4.78, 5) is 2.51. The number of azide groups is 1. The van der Waals surface area contributed by atoms with Crippen LogP contribution in [0.3, 0.4) is 0 Å². The minimum Gasteiger partial charge on any atom is -0.394 e. The largest absolute Gasteiger partial charge is 0.394 e. The summed E-state index contributed by atoms with van der Waals surface area (Å²) in [5.41, 5.74) is 8.10. The maximum Gasteiger partial charge on any atom is 0.139 e. The Labute approximate surface area is 74.2 Å². The lowest BCUT2D eigenvalue weighted by Crippen LogP contribution is -2.49. The maximum atomic E-state index is 9.25. The van der Waals surface area contributed by atoms with Crippen molar-refractivity contribution in [3.05, 3.63) is 10.4 Å². The van der Waals surface area contributed by atoms with Gasteiger partial charge in [-0.2, -0.15) is 0 Å². The normalized spacial score (nSPS) is 39.6. The van der Waals surface area contributed by atoms with Crippen LogP contribution in [0.1, 0.15) is 6.42 Å². The Morgan fingerprint density at radius 1 is 1.54 bits per heavy atom. The van der Waals surface area contributed by atoms with Crippen LogP contribution in [-0.2, 0) is 4.74 Å². The van der Waals surface area contributed by atoms with Gasteiger partial charge < -0.3 is 20.1 Å². The molecule has 0 radical (unpaired) electrons. The van der Waals surface area contributed by atoms with Crippen LogP contribution in [0.4, 0.5) is 0 Å². The highest BCUT2D eigenvalue weighted by molar-refractivity contribution is 4.84. The van der Waals surface area contributed by atoms with Gasteiger partial charge in [0.05, 0.1) is 12.7 Å². The number of aliphatic hydroxyl groups excluding tert-OH is 3. The quantitative estimate of drug-likeness (QED) is 0.297. The third-order valence-corrected chi connectivity index (χ3v) is 1.91. The first-order valence-electron chi connectivity index (χ1n) is 3.85. The lowest BCUT2D eigenvalue weighted by molar-refractivity contribution is -0.177. The zero-order valence-electron chi connectivity index (χ0n) is 6.82. The predicted molar refractivity (Wildman–Crippen MR) is 41.5 cm³/mol. The molecule has 1 saturated heterocycles. The van der Waals surface area contributed by atoms with Crippen LogP contribution >= 0.6 is 0 Å². The van der Waals surface area contributed by atoms with Gasteiger partial charge in [0.2, 0.25) is 0 Å². The van der Waals surface area contributed by atoms with E-state index in [1.54, 1.807) is 0 Å². The van der Waals surface area contributed by atoms with Crippen molar-refractivity contribution in [3.8, 4) is 0 Å². The SMILES string of the molecule is [N-]=[N+]=NC1C[C@@H](O)[C@H](O)[C@@H](CO)O1. The molecule has 0 spiro atoms. The first-order valence-corrected chi connectivity index (χ1v) is 3.85. The van der Waals surface area contributed by atoms with Gasteiger partial charge in [0.25, 0.3) is 0 Å². The minimum absolute atomic E-state index is 0.0434. The summed E-state index contributed by atoms with van der Waals surface area (Å²) in [6.07, 6.45) is -3.82. The van der Waals surface area contributed by atoms with E-state index in [1.807, 2.05) is 0 Å². The zero-order valence-corrected chi connectivity index (χ0v) is 6.82. The number of hydrogen-bond donors (Lipinski definition) is 3. The van der Waals surface area contributed by atoms with E-state index in [-0.39, 0.29) is 6.42 Å². The average Bonchev–Trinajstić information content (AvgIpc) is 2.11. The van der Waals surface area contributed by atoms with Gasteiger partial charge in [-0.05, 0) is 5.53 Å². The molecule has 1 fully saturated rings. The Kier molecular flexibility index (Phi) is 3.47. The van der Waals surface area contributed by atoms with Crippen molar-refractivity contribution in [2.75, 3.05) is 6.61 Å². The lowest BCUT2D eigenvalue weighted by atomic mass is 10.0. The highest BCUT2D eigenvalue weighted by Crippen LogP contribution is 2.20. The van der Waals surface area contributed by atoms with Crippen molar-refractivity contribution in [1.29, 1.82) is 0 Å². The first kappa shape index (κ1) is 10.2. The fraction of sp³-hybridized carbons (Fsp3) is 1.00. The number of nitrogens with zero attached hydrogens (tertiary/aromatic N) is 3. The molecule has 1 unspecified atom stereocenters. The van der Waals surface area contributed by atoms with Gasteiger partial charge in [-0.25, -0.2) is 0 Å². The molecule has 74 valence electrons. The molecule has 7 nitrogen and oxygen atoms in total. The third kappa shape index (κ3) is 2.30. The average molecular weight is 189 g/mol. The Morgan fingerprint density at radius 3 is 2.77 bits per heavy atom. The number of hydrogen-bond acceptors (Lipinski definition) is 5. The van der Waals surface area contributed by atoms with E-state index in [9.17, 15) is 10.2 Å². The van der Waals surface area contributed by atoms with Crippen LogP contribution in [-0.4, -0.2) is 46.5 Å². The predicted octanol–water partition coefficient (Wildman–Crippen LogP) is -0.874. The van der Waals surface area contributed by atoms with Crippen molar-refractivity contribution in [1.82, 2.24) is 0 Å². The van der Waals surface area contributed by atoms with E-state index in [0.29, 0.717) is 0 Å². The van der Waals surface area contributed by atoms with Crippen molar-refractivity contribution in [2.24, 2.45) is 5.11 Å². The standard InChI is InChI=1S/C6H11N3O4/c7-9-8-5-1-3(11)6(12)4(2-10)13-5/h3-6,10-12H,1-2H2/t3-,4-,5?,6+/m1/s1. The Balaban J connectivity index is 2.62. The summed E-state index contributed by atoms with van der Waals surface area (Å²) in [5.74, 6) is 0. The molecular formula is C6H11N3O4. The second-order valence-corrected chi connectivity index (χ2v) is 2.81. The molecule has 0 aromatic rings. The molecule has 7 heteroatoms. The number of aliphatic hydroxyl groups is 3. The van der Waals surface area contributed by atoms with E-state index < -0.39 is 31.1 Å². The molecule has 13 heavy (non-hydrogen) atoms. The van der Waals surface area contributed by atoms with E-state index >= 15 is 0 Å². The van der Waals surface area contributed by atoms with Crippen molar-refractivity contribution >= 4 is 0 Å². The van der Waals surface area contributed by atoms with Crippen LogP contribution < -0.4 is 0 Å². The molecule has 1 rings (SSSR count). The highest BCUT2D eigenvalue weighted by Gasteiger charge is 2.35. The molecule has 0 bridgehead atoms. The van der Waals surface area contributed by atoms with Gasteiger partial charge in [0, 0.05) is 11.3 Å². The Hall–Kier alpha value is -0.850. The van der Waals surface area contributed by atoms with Crippen LogP contribution in [0.5, 0.6) is 0 Å². The van der Waals surface area contributed by atoms with Crippen LogP contribution in [0.2, 0.25) is 0 Å². The van der Waals surface area contributed by atoms with Crippen LogP contribution in [0.15, 0.2) is 5.11 Å². The Morgan fingerprint density at radius 2 is 2.23 bits per heavy atom. The third-order valence-electron chi connectivity index (χ3n) is 1.91. The van der Waals surface area contributed by atoms with Gasteiger partial charge >= 0.3 is 0 Å². The molecule has 1 aliphatic heterocycles. The number of rotatable bonds is 2. The van der Waals surface area contributed by atoms with Gasteiger partial charge in [-0.15, -0.1) is 0 Å². The van der Waals surface area contributed by atoms with Crippen LogP contribution in [0.25, 0.3) is 10.4 Å². The maximum absolute atomic E-state index is 9.25. The highest BCUT2D eigenvalue weighted by atomic mass is 16.5. The zero-order chi connectivity index (χ0) is 9.84. The smallest absolute Gasteiger partial charge is 0.139 e. The number of ether oxygens (including phenoxy) is 1. The van der Waals surface area contributed by atoms with Crippen molar-refractivity contribution in [3.63, 3.8) is 0 Å². The summed E-state index contributed by atoms with van der Waals surface area (Å²) < 4.78 is 4.98. The topological polar surface area (TPSA) is 119 Å². The Bertz CT molecular complexity index is 218. The van der Waals surface area contributed by atoms with Crippen molar-refractivity contribution in [2.45, 2.75) is 31.0 Å². The monoisotopic (exact) mass is 189 g/mol. The van der Waals surface area contributed by atoms with Gasteiger partial charge in [0.1, 0.15) is 18.4 Å².